The lowest BCUT2D eigenvalue weighted by atomic mass is 10.1. The zero-order chi connectivity index (χ0) is 17.5. The number of thiophene rings is 1. The Labute approximate surface area is 157 Å². The van der Waals surface area contributed by atoms with Crippen molar-refractivity contribution >= 4 is 43.7 Å². The van der Waals surface area contributed by atoms with Crippen LogP contribution in [0.3, 0.4) is 0 Å². The molecule has 2 aromatic carbocycles. The van der Waals surface area contributed by atoms with Gasteiger partial charge in [0, 0.05) is 5.39 Å². The monoisotopic (exact) mass is 375 g/mol. The summed E-state index contributed by atoms with van der Waals surface area (Å²) in [5.41, 5.74) is 1.72. The van der Waals surface area contributed by atoms with Gasteiger partial charge in [0.05, 0.1) is 27.0 Å². The van der Waals surface area contributed by atoms with Crippen LogP contribution < -0.4 is 5.56 Å². The highest BCUT2D eigenvalue weighted by Gasteiger charge is 2.14. The lowest BCUT2D eigenvalue weighted by Gasteiger charge is -2.09. The van der Waals surface area contributed by atoms with E-state index in [2.05, 4.69) is 10.1 Å². The molecule has 0 aliphatic carbocycles. The van der Waals surface area contributed by atoms with Gasteiger partial charge in [-0.05, 0) is 29.6 Å². The molecule has 0 radical (unpaired) electrons. The predicted octanol–water partition coefficient (Wildman–Crippen LogP) is 4.78. The molecule has 0 saturated heterocycles. The smallest absolute Gasteiger partial charge is 0.267 e. The molecule has 0 amide bonds. The molecule has 6 heteroatoms. The van der Waals surface area contributed by atoms with E-state index in [4.69, 9.17) is 0 Å². The molecule has 0 aliphatic rings. The third kappa shape index (κ3) is 2.55. The van der Waals surface area contributed by atoms with Gasteiger partial charge in [-0.1, -0.05) is 36.4 Å². The van der Waals surface area contributed by atoms with E-state index in [9.17, 15) is 4.79 Å². The first kappa shape index (κ1) is 15.4. The lowest BCUT2D eigenvalue weighted by Crippen LogP contribution is -2.24. The molecule has 5 aromatic rings. The molecule has 0 N–H and O–H groups in total. The van der Waals surface area contributed by atoms with Crippen LogP contribution in [0, 0.1) is 0 Å². The first-order valence-electron chi connectivity index (χ1n) is 8.18. The summed E-state index contributed by atoms with van der Waals surface area (Å²) in [6.45, 7) is 0.376. The molecule has 3 aromatic heterocycles. The number of hydrogen-bond acceptors (Lipinski definition) is 5. The Kier molecular flexibility index (Phi) is 3.65. The van der Waals surface area contributed by atoms with Crippen LogP contribution in [-0.2, 0) is 6.54 Å². The van der Waals surface area contributed by atoms with Crippen molar-refractivity contribution in [2.24, 2.45) is 0 Å². The number of fused-ring (bicyclic) bond motifs is 2. The summed E-state index contributed by atoms with van der Waals surface area (Å²) in [6, 6.07) is 19.7. The molecule has 0 saturated carbocycles. The molecule has 0 spiro atoms. The van der Waals surface area contributed by atoms with E-state index >= 15 is 0 Å². The van der Waals surface area contributed by atoms with Crippen LogP contribution in [-0.4, -0.2) is 14.8 Å². The summed E-state index contributed by atoms with van der Waals surface area (Å²) in [6.07, 6.45) is 0. The second-order valence-electron chi connectivity index (χ2n) is 5.91. The number of benzene rings is 2. The summed E-state index contributed by atoms with van der Waals surface area (Å²) in [4.78, 5) is 18.6. The van der Waals surface area contributed by atoms with Crippen molar-refractivity contribution in [2.45, 2.75) is 6.54 Å². The molecular weight excluding hydrogens is 362 g/mol. The quantitative estimate of drug-likeness (QED) is 0.456. The molecule has 0 unspecified atom stereocenters. The van der Waals surface area contributed by atoms with Crippen LogP contribution in [0.4, 0.5) is 0 Å². The largest absolute Gasteiger partial charge is 0.275 e. The molecule has 3 heterocycles. The van der Waals surface area contributed by atoms with Crippen molar-refractivity contribution in [3.05, 3.63) is 81.4 Å². The fourth-order valence-corrected chi connectivity index (χ4v) is 4.73. The summed E-state index contributed by atoms with van der Waals surface area (Å²) < 4.78 is 2.66. The Morgan fingerprint density at radius 1 is 0.923 bits per heavy atom. The highest BCUT2D eigenvalue weighted by Crippen LogP contribution is 2.28. The number of rotatable bonds is 3. The summed E-state index contributed by atoms with van der Waals surface area (Å²) in [5, 5.41) is 9.17. The van der Waals surface area contributed by atoms with Crippen LogP contribution in [0.15, 0.2) is 70.8 Å². The Morgan fingerprint density at radius 3 is 2.54 bits per heavy atom. The van der Waals surface area contributed by atoms with Crippen molar-refractivity contribution in [3.63, 3.8) is 0 Å². The third-order valence-electron chi connectivity index (χ3n) is 4.25. The van der Waals surface area contributed by atoms with Crippen molar-refractivity contribution < 1.29 is 0 Å². The second kappa shape index (κ2) is 6.16. The summed E-state index contributed by atoms with van der Waals surface area (Å²) >= 11 is 3.23. The normalized spacial score (nSPS) is 11.4. The van der Waals surface area contributed by atoms with Crippen molar-refractivity contribution in [3.8, 4) is 10.6 Å². The molecule has 0 fully saturated rings. The lowest BCUT2D eigenvalue weighted by molar-refractivity contribution is 0.649. The van der Waals surface area contributed by atoms with Crippen LogP contribution >= 0.6 is 22.7 Å². The van der Waals surface area contributed by atoms with Crippen molar-refractivity contribution in [1.29, 1.82) is 0 Å². The van der Waals surface area contributed by atoms with Gasteiger partial charge in [0.1, 0.15) is 10.7 Å². The van der Waals surface area contributed by atoms with Gasteiger partial charge < -0.3 is 0 Å². The zero-order valence-corrected chi connectivity index (χ0v) is 15.3. The third-order valence-corrected chi connectivity index (χ3v) is 6.14. The van der Waals surface area contributed by atoms with E-state index in [0.29, 0.717) is 11.9 Å². The first-order valence-corrected chi connectivity index (χ1v) is 9.87. The van der Waals surface area contributed by atoms with Gasteiger partial charge in [-0.2, -0.15) is 5.10 Å². The van der Waals surface area contributed by atoms with E-state index in [-0.39, 0.29) is 5.56 Å². The molecular formula is C20H13N3OS2. The van der Waals surface area contributed by atoms with Gasteiger partial charge in [-0.25, -0.2) is 9.67 Å². The Morgan fingerprint density at radius 2 is 1.73 bits per heavy atom. The summed E-state index contributed by atoms with van der Waals surface area (Å²) in [7, 11) is 0. The van der Waals surface area contributed by atoms with Crippen LogP contribution in [0.25, 0.3) is 31.6 Å². The van der Waals surface area contributed by atoms with Crippen LogP contribution in [0.5, 0.6) is 0 Å². The molecule has 0 atom stereocenters. The number of nitrogens with zero attached hydrogens (tertiary/aromatic N) is 3. The molecule has 4 nitrogen and oxygen atoms in total. The Balaban J connectivity index is 1.70. The van der Waals surface area contributed by atoms with Crippen LogP contribution in [0.1, 0.15) is 5.01 Å². The fourth-order valence-electron chi connectivity index (χ4n) is 3.05. The minimum atomic E-state index is -0.0832. The maximum absolute atomic E-state index is 13.0. The Hall–Kier alpha value is -2.83. The van der Waals surface area contributed by atoms with E-state index in [1.165, 1.54) is 4.68 Å². The van der Waals surface area contributed by atoms with Gasteiger partial charge in [0.15, 0.2) is 0 Å². The molecule has 26 heavy (non-hydrogen) atoms. The Bertz CT molecular complexity index is 1250. The molecule has 0 bridgehead atoms. The van der Waals surface area contributed by atoms with E-state index in [1.54, 1.807) is 22.7 Å². The zero-order valence-electron chi connectivity index (χ0n) is 13.6. The maximum atomic E-state index is 13.0. The number of aromatic nitrogens is 3. The summed E-state index contributed by atoms with van der Waals surface area (Å²) in [5.74, 6) is 0. The van der Waals surface area contributed by atoms with Crippen LogP contribution in [0.2, 0.25) is 0 Å². The highest BCUT2D eigenvalue weighted by atomic mass is 32.1. The minimum absolute atomic E-state index is 0.0832. The molecule has 5 rings (SSSR count). The molecule has 126 valence electrons. The van der Waals surface area contributed by atoms with Crippen molar-refractivity contribution in [2.75, 3.05) is 0 Å². The van der Waals surface area contributed by atoms with E-state index in [0.717, 1.165) is 31.2 Å². The minimum Gasteiger partial charge on any atom is -0.267 e. The van der Waals surface area contributed by atoms with Gasteiger partial charge >= 0.3 is 0 Å². The first-order chi connectivity index (χ1) is 12.8. The van der Waals surface area contributed by atoms with Gasteiger partial charge in [0.2, 0.25) is 0 Å². The van der Waals surface area contributed by atoms with Crippen molar-refractivity contribution in [1.82, 2.24) is 14.8 Å². The molecule has 0 aliphatic heterocycles. The average Bonchev–Trinajstić information content (AvgIpc) is 3.33. The highest BCUT2D eigenvalue weighted by molar-refractivity contribution is 7.18. The number of thiazole rings is 1. The van der Waals surface area contributed by atoms with Gasteiger partial charge in [0.25, 0.3) is 5.56 Å². The average molecular weight is 375 g/mol. The number of para-hydroxylation sites is 1. The SMILES string of the molecule is O=c1c2ccccc2c(-c2cccs2)nn1Cc1nc2ccccc2s1. The van der Waals surface area contributed by atoms with E-state index < -0.39 is 0 Å². The maximum Gasteiger partial charge on any atom is 0.275 e. The van der Waals surface area contributed by atoms with Gasteiger partial charge in [-0.15, -0.1) is 22.7 Å². The van der Waals surface area contributed by atoms with Gasteiger partial charge in [-0.3, -0.25) is 4.79 Å². The van der Waals surface area contributed by atoms with E-state index in [1.807, 2.05) is 66.0 Å². The second-order valence-corrected chi connectivity index (χ2v) is 7.97. The fraction of sp³-hybridized carbons (Fsp3) is 0.0500. The topological polar surface area (TPSA) is 47.8 Å². The standard InChI is InChI=1S/C20H13N3OS2/c24-20-14-7-2-1-6-13(14)19(17-10-5-11-25-17)22-23(20)12-18-21-15-8-3-4-9-16(15)26-18/h1-11H,12H2. The predicted molar refractivity (Wildman–Crippen MR) is 108 cm³/mol. The number of hydrogen-bond donors (Lipinski definition) is 0.